The van der Waals surface area contributed by atoms with Gasteiger partial charge in [0.15, 0.2) is 5.78 Å². The third-order valence-corrected chi connectivity index (χ3v) is 7.30. The van der Waals surface area contributed by atoms with Crippen molar-refractivity contribution in [3.8, 4) is 0 Å². The van der Waals surface area contributed by atoms with E-state index in [1.807, 2.05) is 43.5 Å². The van der Waals surface area contributed by atoms with E-state index >= 15 is 0 Å². The molecule has 0 aliphatic rings. The summed E-state index contributed by atoms with van der Waals surface area (Å²) in [6, 6.07) is 13.9. The van der Waals surface area contributed by atoms with Crippen LogP contribution < -0.4 is 5.32 Å². The third kappa shape index (κ3) is 19.2. The Labute approximate surface area is 267 Å². The molecule has 1 unspecified atom stereocenters. The maximum Gasteiger partial charge on any atom is 0.270 e. The molecule has 2 rings (SSSR count). The van der Waals surface area contributed by atoms with E-state index in [-0.39, 0.29) is 17.1 Å². The molecule has 44 heavy (non-hydrogen) atoms. The summed E-state index contributed by atoms with van der Waals surface area (Å²) < 4.78 is 26.2. The van der Waals surface area contributed by atoms with Crippen molar-refractivity contribution in [2.75, 3.05) is 0 Å². The van der Waals surface area contributed by atoms with Gasteiger partial charge in [0.25, 0.3) is 5.92 Å². The van der Waals surface area contributed by atoms with Crippen molar-refractivity contribution in [3.63, 3.8) is 0 Å². The number of unbranched alkanes of at least 4 members (excludes halogenated alkanes) is 2. The molecule has 0 spiro atoms. The maximum atomic E-state index is 13.1. The van der Waals surface area contributed by atoms with E-state index < -0.39 is 5.92 Å². The van der Waals surface area contributed by atoms with Crippen LogP contribution in [0, 0.1) is 5.92 Å². The Balaban J connectivity index is 0.000000760. The highest BCUT2D eigenvalue weighted by atomic mass is 19.3. The topological polar surface area (TPSA) is 46.2 Å². The molecule has 2 aromatic carbocycles. The van der Waals surface area contributed by atoms with Gasteiger partial charge in [0.05, 0.1) is 0 Å². The van der Waals surface area contributed by atoms with Gasteiger partial charge in [-0.15, -0.1) is 0 Å². The molecule has 1 atom stereocenters. The lowest BCUT2D eigenvalue weighted by molar-refractivity contribution is -0.119. The predicted molar refractivity (Wildman–Crippen MR) is 185 cm³/mol. The number of alkyl halides is 2. The van der Waals surface area contributed by atoms with Gasteiger partial charge < -0.3 is 5.32 Å². The molecule has 1 N–H and O–H groups in total. The average molecular weight is 612 g/mol. The van der Waals surface area contributed by atoms with Crippen LogP contribution in [0.15, 0.2) is 67.4 Å². The van der Waals surface area contributed by atoms with E-state index in [1.54, 1.807) is 12.1 Å². The van der Waals surface area contributed by atoms with Gasteiger partial charge in [-0.25, -0.2) is 8.78 Å². The lowest BCUT2D eigenvalue weighted by Crippen LogP contribution is -2.07. The lowest BCUT2D eigenvalue weighted by Gasteiger charge is -2.11. The van der Waals surface area contributed by atoms with E-state index in [4.69, 9.17) is 0 Å². The van der Waals surface area contributed by atoms with E-state index in [0.717, 1.165) is 55.0 Å². The number of aryl methyl sites for hydroxylation is 1. The lowest BCUT2D eigenvalue weighted by atomic mass is 9.97. The van der Waals surface area contributed by atoms with Gasteiger partial charge in [-0.2, -0.15) is 0 Å². The fourth-order valence-electron chi connectivity index (χ4n) is 4.29. The van der Waals surface area contributed by atoms with Crippen LogP contribution in [0.25, 0.3) is 5.70 Å². The molecule has 0 bridgehead atoms. The fraction of sp³-hybridized carbons (Fsp3) is 0.538. The maximum absolute atomic E-state index is 13.1. The van der Waals surface area contributed by atoms with Crippen molar-refractivity contribution in [3.05, 3.63) is 89.6 Å². The summed E-state index contributed by atoms with van der Waals surface area (Å²) in [7, 11) is 0. The molecule has 0 saturated carbocycles. The highest BCUT2D eigenvalue weighted by molar-refractivity contribution is 5.96. The van der Waals surface area contributed by atoms with Gasteiger partial charge in [0.1, 0.15) is 5.78 Å². The Hall–Kier alpha value is -3.08. The number of Topliss-reactive ketones (excluding diaryl/α,β-unsaturated/α-hetero) is 2. The number of hydrogen-bond acceptors (Lipinski definition) is 3. The van der Waals surface area contributed by atoms with Gasteiger partial charge in [-0.3, -0.25) is 9.59 Å². The minimum absolute atomic E-state index is 0.0208. The van der Waals surface area contributed by atoms with Crippen molar-refractivity contribution < 1.29 is 18.4 Å². The second-order valence-corrected chi connectivity index (χ2v) is 11.6. The molecule has 0 saturated heterocycles. The first-order chi connectivity index (χ1) is 20.9. The Morgan fingerprint density at radius 1 is 0.864 bits per heavy atom. The summed E-state index contributed by atoms with van der Waals surface area (Å²) in [5.41, 5.74) is 3.49. The predicted octanol–water partition coefficient (Wildman–Crippen LogP) is 11.9. The standard InChI is InChI=1S/C19H28F2O.C16H21NO.C4H10/c1-4-6-15(2)7-5-8-18(22)14-11-16-9-12-17(13-10-16)19(3,20)21;1-4-6-10-16(18)15-9-7-8-14(12-15)13(3)17-11-5-2;1-3-4-2/h9-10,12-13,15H,4-8,11,14H2,1-3H3;5,7-9,11-12,17H,3-4,6,10H2,1-2H3;3-4H2,1-2H3/b;11-5-;. The van der Waals surface area contributed by atoms with Crippen LogP contribution in [0.4, 0.5) is 8.78 Å². The number of nitrogens with one attached hydrogen (secondary N) is 1. The first-order valence-electron chi connectivity index (χ1n) is 16.6. The molecule has 3 nitrogen and oxygen atoms in total. The van der Waals surface area contributed by atoms with Crippen LogP contribution in [-0.2, 0) is 17.1 Å². The molecule has 0 aliphatic carbocycles. The number of allylic oxidation sites excluding steroid dienone is 1. The molecule has 2 aromatic rings. The fourth-order valence-corrected chi connectivity index (χ4v) is 4.29. The van der Waals surface area contributed by atoms with Gasteiger partial charge in [-0.05, 0) is 55.5 Å². The van der Waals surface area contributed by atoms with E-state index in [2.05, 4.69) is 46.5 Å². The summed E-state index contributed by atoms with van der Waals surface area (Å²) in [5.74, 6) is -1.63. The number of hydrogen-bond donors (Lipinski definition) is 1. The summed E-state index contributed by atoms with van der Waals surface area (Å²) in [5, 5.41) is 3.07. The van der Waals surface area contributed by atoms with Crippen LogP contribution >= 0.6 is 0 Å². The summed E-state index contributed by atoms with van der Waals surface area (Å²) in [6.07, 6.45) is 15.2. The summed E-state index contributed by atoms with van der Waals surface area (Å²) in [6.45, 7) is 17.6. The number of halogens is 2. The first-order valence-corrected chi connectivity index (χ1v) is 16.6. The molecule has 0 radical (unpaired) electrons. The Morgan fingerprint density at radius 2 is 1.50 bits per heavy atom. The van der Waals surface area contributed by atoms with E-state index in [9.17, 15) is 18.4 Å². The molecule has 0 amide bonds. The normalized spacial score (nSPS) is 11.6. The van der Waals surface area contributed by atoms with Crippen molar-refractivity contribution in [1.29, 1.82) is 0 Å². The number of rotatable bonds is 18. The zero-order valence-electron chi connectivity index (χ0n) is 28.6. The van der Waals surface area contributed by atoms with Crippen molar-refractivity contribution in [2.24, 2.45) is 5.92 Å². The van der Waals surface area contributed by atoms with Crippen molar-refractivity contribution in [2.45, 2.75) is 131 Å². The number of carbonyl (C=O) groups excluding carboxylic acids is 2. The Kier molecular flexibility index (Phi) is 22.6. The van der Waals surface area contributed by atoms with E-state index in [1.165, 1.54) is 37.8 Å². The molecule has 0 aliphatic heterocycles. The highest BCUT2D eigenvalue weighted by Gasteiger charge is 2.23. The largest absolute Gasteiger partial charge is 0.362 e. The molecule has 246 valence electrons. The van der Waals surface area contributed by atoms with Gasteiger partial charge in [0.2, 0.25) is 0 Å². The summed E-state index contributed by atoms with van der Waals surface area (Å²) >= 11 is 0. The second kappa shape index (κ2) is 24.3. The summed E-state index contributed by atoms with van der Waals surface area (Å²) in [4.78, 5) is 23.8. The number of ketones is 2. The minimum atomic E-state index is -2.80. The van der Waals surface area contributed by atoms with Crippen molar-refractivity contribution >= 4 is 17.3 Å². The van der Waals surface area contributed by atoms with Gasteiger partial charge >= 0.3 is 0 Å². The van der Waals surface area contributed by atoms with Crippen LogP contribution in [0.3, 0.4) is 0 Å². The molecule has 5 heteroatoms. The van der Waals surface area contributed by atoms with E-state index in [0.29, 0.717) is 31.6 Å². The van der Waals surface area contributed by atoms with Gasteiger partial charge in [-0.1, -0.05) is 128 Å². The molecular weight excluding hydrogens is 552 g/mol. The second-order valence-electron chi connectivity index (χ2n) is 11.6. The quantitative estimate of drug-likeness (QED) is 0.171. The van der Waals surface area contributed by atoms with Crippen LogP contribution in [0.5, 0.6) is 0 Å². The highest BCUT2D eigenvalue weighted by Crippen LogP contribution is 2.27. The Bertz CT molecular complexity index is 1100. The van der Waals surface area contributed by atoms with Gasteiger partial charge in [0, 0.05) is 43.0 Å². The Morgan fingerprint density at radius 3 is 2.05 bits per heavy atom. The average Bonchev–Trinajstić information content (AvgIpc) is 3.01. The van der Waals surface area contributed by atoms with Crippen LogP contribution in [-0.4, -0.2) is 11.6 Å². The zero-order valence-corrected chi connectivity index (χ0v) is 28.6. The molecule has 0 fully saturated rings. The minimum Gasteiger partial charge on any atom is -0.362 e. The molecule has 0 aromatic heterocycles. The van der Waals surface area contributed by atoms with Crippen molar-refractivity contribution in [1.82, 2.24) is 5.32 Å². The third-order valence-electron chi connectivity index (χ3n) is 7.30. The van der Waals surface area contributed by atoms with Crippen LogP contribution in [0.1, 0.15) is 146 Å². The number of benzene rings is 2. The molecule has 0 heterocycles. The SMILES string of the molecule is C=C(N/C=C\C)c1cccc(C(=O)CCCC)c1.CCCC.CCCC(C)CCCC(=O)CCc1ccc(C(C)(F)F)cc1. The number of carbonyl (C=O) groups is 2. The first kappa shape index (κ1) is 40.9. The molecular formula is C39H59F2NO2. The zero-order chi connectivity index (χ0) is 33.4. The monoisotopic (exact) mass is 611 g/mol. The van der Waals surface area contributed by atoms with Crippen LogP contribution in [0.2, 0.25) is 0 Å². The smallest absolute Gasteiger partial charge is 0.270 e.